The Bertz CT molecular complexity index is 782. The Kier molecular flexibility index (Phi) is 5.67. The molecule has 29 heavy (non-hydrogen) atoms. The molecular weight excluding hydrogens is 372 g/mol. The quantitative estimate of drug-likeness (QED) is 0.685. The molecule has 1 aromatic rings. The number of nitrogens with one attached hydrogen (secondary N) is 2. The van der Waals surface area contributed by atoms with Crippen LogP contribution in [0.4, 0.5) is 0 Å². The first-order chi connectivity index (χ1) is 14.1. The molecule has 4 aliphatic rings. The van der Waals surface area contributed by atoms with Gasteiger partial charge in [0.15, 0.2) is 5.72 Å². The van der Waals surface area contributed by atoms with Crippen LogP contribution in [-0.4, -0.2) is 44.4 Å². The summed E-state index contributed by atoms with van der Waals surface area (Å²) in [5, 5.41) is 6.20. The van der Waals surface area contributed by atoms with Gasteiger partial charge in [-0.1, -0.05) is 0 Å². The van der Waals surface area contributed by atoms with E-state index in [0.717, 1.165) is 25.7 Å². The molecule has 3 fully saturated rings. The normalized spacial score (nSPS) is 29.7. The van der Waals surface area contributed by atoms with Crippen LogP contribution >= 0.6 is 0 Å². The summed E-state index contributed by atoms with van der Waals surface area (Å²) in [4.78, 5) is 25.5. The van der Waals surface area contributed by atoms with Crippen LogP contribution in [-0.2, 0) is 9.53 Å². The summed E-state index contributed by atoms with van der Waals surface area (Å²) >= 11 is 0. The zero-order valence-electron chi connectivity index (χ0n) is 17.2. The number of carbonyl (C=O) groups is 2. The zero-order valence-corrected chi connectivity index (χ0v) is 17.2. The Morgan fingerprint density at radius 1 is 1.38 bits per heavy atom. The van der Waals surface area contributed by atoms with Gasteiger partial charge in [0.25, 0.3) is 5.91 Å². The number of amides is 2. The highest BCUT2D eigenvalue weighted by atomic mass is 16.5. The standard InChI is InChI=1S/C22H30N2O5/c1-3-28-10-4-9-23-20(25)18-11-15-6-5-14(18)13-22(15)24-21(26)17-8-7-16(27-2)12-19(17)29-22/h7-8,12,14-15,18H,3-6,9-11,13H2,1-2H3,(H,23,25)(H,24,26)/t14-,15+,18+,22+/m1/s1. The maximum atomic E-state index is 12.8. The number of fused-ring (bicyclic) bond motifs is 3. The number of rotatable bonds is 7. The van der Waals surface area contributed by atoms with E-state index < -0.39 is 5.72 Å². The van der Waals surface area contributed by atoms with E-state index in [1.165, 1.54) is 0 Å². The van der Waals surface area contributed by atoms with Gasteiger partial charge in [-0.05, 0) is 50.7 Å². The van der Waals surface area contributed by atoms with Crippen molar-refractivity contribution < 1.29 is 23.8 Å². The summed E-state index contributed by atoms with van der Waals surface area (Å²) in [5.74, 6) is 1.55. The minimum Gasteiger partial charge on any atom is -0.497 e. The summed E-state index contributed by atoms with van der Waals surface area (Å²) in [6.45, 7) is 3.97. The zero-order chi connectivity index (χ0) is 20.4. The first kappa shape index (κ1) is 20.0. The van der Waals surface area contributed by atoms with Crippen LogP contribution in [0.5, 0.6) is 11.5 Å². The van der Waals surface area contributed by atoms with Gasteiger partial charge in [0.2, 0.25) is 5.91 Å². The molecule has 3 aliphatic carbocycles. The third kappa shape index (κ3) is 3.80. The maximum Gasteiger partial charge on any atom is 0.258 e. The average molecular weight is 402 g/mol. The van der Waals surface area contributed by atoms with Crippen molar-refractivity contribution in [3.05, 3.63) is 23.8 Å². The van der Waals surface area contributed by atoms with Gasteiger partial charge in [-0.15, -0.1) is 0 Å². The van der Waals surface area contributed by atoms with E-state index in [2.05, 4.69) is 10.6 Å². The van der Waals surface area contributed by atoms with E-state index in [1.807, 2.05) is 6.92 Å². The molecule has 1 aromatic carbocycles. The average Bonchev–Trinajstić information content (AvgIpc) is 2.73. The topological polar surface area (TPSA) is 85.9 Å². The van der Waals surface area contributed by atoms with Gasteiger partial charge in [-0.25, -0.2) is 0 Å². The predicted molar refractivity (Wildman–Crippen MR) is 107 cm³/mol. The highest BCUT2D eigenvalue weighted by Gasteiger charge is 2.57. The largest absolute Gasteiger partial charge is 0.497 e. The summed E-state index contributed by atoms with van der Waals surface area (Å²) in [6.07, 6.45) is 4.17. The lowest BCUT2D eigenvalue weighted by atomic mass is 9.60. The second-order valence-corrected chi connectivity index (χ2v) is 8.23. The fourth-order valence-electron chi connectivity index (χ4n) is 5.10. The molecule has 0 saturated heterocycles. The minimum absolute atomic E-state index is 0.0151. The van der Waals surface area contributed by atoms with Gasteiger partial charge in [0.1, 0.15) is 11.5 Å². The van der Waals surface area contributed by atoms with Crippen LogP contribution in [0.2, 0.25) is 0 Å². The first-order valence-electron chi connectivity index (χ1n) is 10.6. The molecule has 0 radical (unpaired) electrons. The number of hydrogen-bond acceptors (Lipinski definition) is 5. The van der Waals surface area contributed by atoms with Crippen LogP contribution in [0.15, 0.2) is 18.2 Å². The van der Waals surface area contributed by atoms with Gasteiger partial charge >= 0.3 is 0 Å². The molecular formula is C22H30N2O5. The number of ether oxygens (including phenoxy) is 3. The Hall–Kier alpha value is -2.28. The molecule has 0 aromatic heterocycles. The van der Waals surface area contributed by atoms with Crippen molar-refractivity contribution in [3.8, 4) is 11.5 Å². The monoisotopic (exact) mass is 402 g/mol. The second-order valence-electron chi connectivity index (χ2n) is 8.23. The highest BCUT2D eigenvalue weighted by molar-refractivity contribution is 5.98. The van der Waals surface area contributed by atoms with E-state index in [1.54, 1.807) is 25.3 Å². The number of methoxy groups -OCH3 is 1. The lowest BCUT2D eigenvalue weighted by Crippen LogP contribution is -2.66. The lowest BCUT2D eigenvalue weighted by Gasteiger charge is -2.55. The van der Waals surface area contributed by atoms with Crippen molar-refractivity contribution in [2.24, 2.45) is 17.8 Å². The maximum absolute atomic E-state index is 12.8. The van der Waals surface area contributed by atoms with Crippen molar-refractivity contribution >= 4 is 11.8 Å². The van der Waals surface area contributed by atoms with E-state index >= 15 is 0 Å². The molecule has 158 valence electrons. The molecule has 7 heteroatoms. The molecule has 7 nitrogen and oxygen atoms in total. The molecule has 1 aliphatic heterocycles. The minimum atomic E-state index is -0.717. The van der Waals surface area contributed by atoms with Crippen molar-refractivity contribution in [2.45, 2.75) is 44.8 Å². The molecule has 1 heterocycles. The Morgan fingerprint density at radius 3 is 2.97 bits per heavy atom. The van der Waals surface area contributed by atoms with E-state index in [4.69, 9.17) is 14.2 Å². The van der Waals surface area contributed by atoms with Crippen molar-refractivity contribution in [1.29, 1.82) is 0 Å². The third-order valence-corrected chi connectivity index (χ3v) is 6.57. The summed E-state index contributed by atoms with van der Waals surface area (Å²) in [5.41, 5.74) is -0.188. The first-order valence-corrected chi connectivity index (χ1v) is 10.6. The van der Waals surface area contributed by atoms with Crippen LogP contribution in [0.1, 0.15) is 49.4 Å². The number of hydrogen-bond donors (Lipinski definition) is 2. The number of benzene rings is 1. The molecule has 0 unspecified atom stereocenters. The van der Waals surface area contributed by atoms with Gasteiger partial charge in [0.05, 0.1) is 12.7 Å². The summed E-state index contributed by atoms with van der Waals surface area (Å²) in [6, 6.07) is 5.27. The predicted octanol–water partition coefficient (Wildman–Crippen LogP) is 2.49. The SMILES string of the molecule is CCOCCCNC(=O)[C@H]1C[C@@H]2CC[C@@H]1C[C@@]21NC(=O)c2ccc(OC)cc2O1. The van der Waals surface area contributed by atoms with Crippen molar-refractivity contribution in [2.75, 3.05) is 26.9 Å². The second kappa shape index (κ2) is 8.22. The smallest absolute Gasteiger partial charge is 0.258 e. The highest BCUT2D eigenvalue weighted by Crippen LogP contribution is 2.52. The van der Waals surface area contributed by atoms with E-state index in [0.29, 0.717) is 43.2 Å². The fourth-order valence-corrected chi connectivity index (χ4v) is 5.10. The van der Waals surface area contributed by atoms with Crippen molar-refractivity contribution in [3.63, 3.8) is 0 Å². The molecule has 4 atom stereocenters. The molecule has 1 spiro atoms. The third-order valence-electron chi connectivity index (χ3n) is 6.57. The Balaban J connectivity index is 1.43. The van der Waals surface area contributed by atoms with Gasteiger partial charge in [-0.3, -0.25) is 9.59 Å². The molecule has 2 amide bonds. The summed E-state index contributed by atoms with van der Waals surface area (Å²) < 4.78 is 17.0. The molecule has 5 rings (SSSR count). The molecule has 3 saturated carbocycles. The van der Waals surface area contributed by atoms with E-state index in [-0.39, 0.29) is 29.6 Å². The van der Waals surface area contributed by atoms with Crippen LogP contribution in [0, 0.1) is 17.8 Å². The summed E-state index contributed by atoms with van der Waals surface area (Å²) in [7, 11) is 1.60. The Labute approximate surface area is 171 Å². The van der Waals surface area contributed by atoms with Crippen LogP contribution in [0.3, 0.4) is 0 Å². The molecule has 2 bridgehead atoms. The molecule has 2 N–H and O–H groups in total. The lowest BCUT2D eigenvalue weighted by molar-refractivity contribution is -0.146. The van der Waals surface area contributed by atoms with Gasteiger partial charge in [-0.2, -0.15) is 0 Å². The van der Waals surface area contributed by atoms with E-state index in [9.17, 15) is 9.59 Å². The van der Waals surface area contributed by atoms with Crippen molar-refractivity contribution in [1.82, 2.24) is 10.6 Å². The van der Waals surface area contributed by atoms with Crippen LogP contribution in [0.25, 0.3) is 0 Å². The Morgan fingerprint density at radius 2 is 2.24 bits per heavy atom. The van der Waals surface area contributed by atoms with Gasteiger partial charge < -0.3 is 24.8 Å². The number of carbonyl (C=O) groups excluding carboxylic acids is 2. The fraction of sp³-hybridized carbons (Fsp3) is 0.636. The van der Waals surface area contributed by atoms with Crippen LogP contribution < -0.4 is 20.1 Å². The van der Waals surface area contributed by atoms with Gasteiger partial charge in [0, 0.05) is 44.1 Å².